The van der Waals surface area contributed by atoms with Crippen LogP contribution in [0.25, 0.3) is 0 Å². The highest BCUT2D eigenvalue weighted by molar-refractivity contribution is 5.76. The summed E-state index contributed by atoms with van der Waals surface area (Å²) >= 11 is 0. The highest BCUT2D eigenvalue weighted by atomic mass is 16.7. The first-order valence-corrected chi connectivity index (χ1v) is 17.4. The minimum Gasteiger partial charge on any atom is -0.394 e. The Morgan fingerprint density at radius 1 is 0.778 bits per heavy atom. The van der Waals surface area contributed by atoms with Gasteiger partial charge in [0.1, 0.15) is 24.4 Å². The van der Waals surface area contributed by atoms with Crippen LogP contribution in [0.2, 0.25) is 0 Å². The van der Waals surface area contributed by atoms with E-state index in [2.05, 4.69) is 55.6 Å². The van der Waals surface area contributed by atoms with Crippen molar-refractivity contribution in [1.29, 1.82) is 0 Å². The van der Waals surface area contributed by atoms with Crippen molar-refractivity contribution in [3.05, 3.63) is 48.6 Å². The van der Waals surface area contributed by atoms with E-state index < -0.39 is 49.5 Å². The van der Waals surface area contributed by atoms with Crippen LogP contribution in [-0.4, -0.2) is 87.5 Å². The maximum Gasteiger partial charge on any atom is 0.220 e. The minimum absolute atomic E-state index is 0.199. The topological polar surface area (TPSA) is 149 Å². The molecule has 9 nitrogen and oxygen atoms in total. The number of unbranched alkanes of at least 4 members (excludes halogenated alkanes) is 10. The molecule has 0 aromatic rings. The van der Waals surface area contributed by atoms with E-state index in [1.54, 1.807) is 6.08 Å². The van der Waals surface area contributed by atoms with Crippen LogP contribution in [-0.2, 0) is 14.3 Å². The summed E-state index contributed by atoms with van der Waals surface area (Å²) in [5.41, 5.74) is 0. The first kappa shape index (κ1) is 41.2. The molecule has 6 N–H and O–H groups in total. The van der Waals surface area contributed by atoms with Gasteiger partial charge in [0.25, 0.3) is 0 Å². The van der Waals surface area contributed by atoms with Gasteiger partial charge in [-0.05, 0) is 51.4 Å². The monoisotopic (exact) mass is 637 g/mol. The van der Waals surface area contributed by atoms with Gasteiger partial charge in [-0.1, -0.05) is 107 Å². The number of allylic oxidation sites excluding steroid dienone is 7. The Morgan fingerprint density at radius 3 is 2.04 bits per heavy atom. The molecular formula is C36H63NO8. The lowest BCUT2D eigenvalue weighted by Gasteiger charge is -2.40. The number of ether oxygens (including phenoxy) is 2. The summed E-state index contributed by atoms with van der Waals surface area (Å²) < 4.78 is 11.1. The van der Waals surface area contributed by atoms with Crippen LogP contribution in [0.1, 0.15) is 117 Å². The van der Waals surface area contributed by atoms with Gasteiger partial charge in [-0.2, -0.15) is 0 Å². The molecule has 1 heterocycles. The summed E-state index contributed by atoms with van der Waals surface area (Å²) in [5.74, 6) is -0.203. The van der Waals surface area contributed by atoms with E-state index in [9.17, 15) is 30.3 Å². The summed E-state index contributed by atoms with van der Waals surface area (Å²) in [7, 11) is 0. The van der Waals surface area contributed by atoms with Crippen molar-refractivity contribution in [3.8, 4) is 0 Å². The molecular weight excluding hydrogens is 574 g/mol. The molecule has 260 valence electrons. The van der Waals surface area contributed by atoms with E-state index in [0.29, 0.717) is 6.42 Å². The Hall–Kier alpha value is -1.85. The van der Waals surface area contributed by atoms with Crippen LogP contribution >= 0.6 is 0 Å². The number of hydrogen-bond acceptors (Lipinski definition) is 8. The molecule has 0 aromatic heterocycles. The molecule has 7 unspecified atom stereocenters. The maximum absolute atomic E-state index is 12.8. The molecule has 1 saturated heterocycles. The zero-order valence-corrected chi connectivity index (χ0v) is 27.8. The lowest BCUT2D eigenvalue weighted by atomic mass is 9.99. The van der Waals surface area contributed by atoms with Gasteiger partial charge in [-0.3, -0.25) is 4.79 Å². The van der Waals surface area contributed by atoms with Crippen LogP contribution in [0.3, 0.4) is 0 Å². The number of nitrogens with one attached hydrogen (secondary N) is 1. The Balaban J connectivity index is 2.46. The molecule has 0 aliphatic carbocycles. The molecule has 0 aromatic carbocycles. The Kier molecular flexibility index (Phi) is 25.0. The Bertz CT molecular complexity index is 843. The lowest BCUT2D eigenvalue weighted by Crippen LogP contribution is -2.60. The van der Waals surface area contributed by atoms with Crippen molar-refractivity contribution in [2.45, 2.75) is 159 Å². The van der Waals surface area contributed by atoms with E-state index in [0.717, 1.165) is 77.0 Å². The highest BCUT2D eigenvalue weighted by Crippen LogP contribution is 2.22. The van der Waals surface area contributed by atoms with Crippen LogP contribution in [0, 0.1) is 0 Å². The molecule has 0 spiro atoms. The van der Waals surface area contributed by atoms with Crippen molar-refractivity contribution in [1.82, 2.24) is 5.32 Å². The molecule has 1 amide bonds. The van der Waals surface area contributed by atoms with Crippen molar-refractivity contribution >= 4 is 5.91 Å². The summed E-state index contributed by atoms with van der Waals surface area (Å²) in [5, 5.41) is 53.5. The number of aliphatic hydroxyl groups is 5. The minimum atomic E-state index is -1.57. The number of carbonyl (C=O) groups is 1. The fourth-order valence-corrected chi connectivity index (χ4v) is 5.05. The third-order valence-electron chi connectivity index (χ3n) is 7.91. The number of hydrogen-bond donors (Lipinski definition) is 6. The molecule has 9 heteroatoms. The first-order chi connectivity index (χ1) is 21.8. The fraction of sp³-hybridized carbons (Fsp3) is 0.750. The van der Waals surface area contributed by atoms with Crippen molar-refractivity contribution in [2.75, 3.05) is 13.2 Å². The highest BCUT2D eigenvalue weighted by Gasteiger charge is 2.44. The lowest BCUT2D eigenvalue weighted by molar-refractivity contribution is -0.302. The molecule has 7 atom stereocenters. The average Bonchev–Trinajstić information content (AvgIpc) is 3.04. The van der Waals surface area contributed by atoms with Gasteiger partial charge in [-0.25, -0.2) is 0 Å². The molecule has 1 rings (SSSR count). The SMILES string of the molecule is CC/C=C\C/C=C\C/C=C\CCCCCCCC(=O)NC(COC1OC(CO)C(O)C(O)C1O)C(O)/C=C/CCCCCCC. The molecule has 1 aliphatic heterocycles. The van der Waals surface area contributed by atoms with Gasteiger partial charge >= 0.3 is 0 Å². The van der Waals surface area contributed by atoms with Gasteiger partial charge in [0.05, 0.1) is 25.4 Å². The normalized spacial score (nSPS) is 23.9. The fourth-order valence-electron chi connectivity index (χ4n) is 5.05. The second-order valence-corrected chi connectivity index (χ2v) is 11.9. The predicted octanol–water partition coefficient (Wildman–Crippen LogP) is 5.15. The summed E-state index contributed by atoms with van der Waals surface area (Å²) in [4.78, 5) is 12.8. The number of aliphatic hydroxyl groups excluding tert-OH is 5. The smallest absolute Gasteiger partial charge is 0.220 e. The van der Waals surface area contributed by atoms with Gasteiger partial charge in [0.2, 0.25) is 5.91 Å². The molecule has 45 heavy (non-hydrogen) atoms. The molecule has 0 radical (unpaired) electrons. The molecule has 1 fully saturated rings. The third kappa shape index (κ3) is 19.4. The summed E-state index contributed by atoms with van der Waals surface area (Å²) in [6.45, 7) is 3.54. The number of amides is 1. The van der Waals surface area contributed by atoms with E-state index in [4.69, 9.17) is 9.47 Å². The summed E-state index contributed by atoms with van der Waals surface area (Å²) in [6, 6.07) is -0.810. The standard InChI is InChI=1S/C36H63NO8/c1-3-5-7-9-11-12-13-14-15-16-17-18-20-22-24-26-32(40)37-29(30(39)25-23-21-19-10-8-6-4-2)28-44-36-35(43)34(42)33(41)31(27-38)45-36/h5,7,11-12,14-15,23,25,29-31,33-36,38-39,41-43H,3-4,6,8-10,13,16-22,24,26-28H2,1-2H3,(H,37,40)/b7-5-,12-11-,15-14-,25-23+. The maximum atomic E-state index is 12.8. The van der Waals surface area contributed by atoms with E-state index in [1.807, 2.05) is 6.08 Å². The van der Waals surface area contributed by atoms with Gasteiger partial charge in [0, 0.05) is 6.42 Å². The Labute approximate surface area is 272 Å². The van der Waals surface area contributed by atoms with Crippen molar-refractivity contribution in [2.24, 2.45) is 0 Å². The van der Waals surface area contributed by atoms with Gasteiger partial charge in [0.15, 0.2) is 6.29 Å². The van der Waals surface area contributed by atoms with Gasteiger partial charge in [-0.15, -0.1) is 0 Å². The number of carbonyl (C=O) groups excluding carboxylic acids is 1. The average molecular weight is 638 g/mol. The summed E-state index contributed by atoms with van der Waals surface area (Å²) in [6.07, 6.45) is 24.6. The second-order valence-electron chi connectivity index (χ2n) is 11.9. The van der Waals surface area contributed by atoms with Crippen LogP contribution in [0.15, 0.2) is 48.6 Å². The second kappa shape index (κ2) is 27.3. The zero-order valence-electron chi connectivity index (χ0n) is 27.8. The quantitative estimate of drug-likeness (QED) is 0.0563. The van der Waals surface area contributed by atoms with E-state index >= 15 is 0 Å². The number of rotatable bonds is 26. The van der Waals surface area contributed by atoms with E-state index in [1.165, 1.54) is 19.3 Å². The molecule has 0 bridgehead atoms. The van der Waals surface area contributed by atoms with Crippen LogP contribution < -0.4 is 5.32 Å². The van der Waals surface area contributed by atoms with Crippen LogP contribution in [0.5, 0.6) is 0 Å². The van der Waals surface area contributed by atoms with Crippen molar-refractivity contribution in [3.63, 3.8) is 0 Å². The largest absolute Gasteiger partial charge is 0.394 e. The van der Waals surface area contributed by atoms with E-state index in [-0.39, 0.29) is 12.5 Å². The Morgan fingerprint density at radius 2 is 1.38 bits per heavy atom. The van der Waals surface area contributed by atoms with Gasteiger partial charge < -0.3 is 40.3 Å². The zero-order chi connectivity index (χ0) is 33.1. The third-order valence-corrected chi connectivity index (χ3v) is 7.91. The van der Waals surface area contributed by atoms with Crippen molar-refractivity contribution < 1.29 is 39.8 Å². The first-order valence-electron chi connectivity index (χ1n) is 17.4. The predicted molar refractivity (Wildman–Crippen MR) is 179 cm³/mol. The molecule has 1 aliphatic rings. The molecule has 0 saturated carbocycles. The van der Waals surface area contributed by atoms with Crippen LogP contribution in [0.4, 0.5) is 0 Å².